The third-order valence-electron chi connectivity index (χ3n) is 21.0. The van der Waals surface area contributed by atoms with Crippen LogP contribution in [0.4, 0.5) is 0 Å². The summed E-state index contributed by atoms with van der Waals surface area (Å²) < 4.78 is 38.7. The number of aryl methyl sites for hydroxylation is 1. The average molecular weight is 1670 g/mol. The number of primary amides is 1. The van der Waals surface area contributed by atoms with Gasteiger partial charge in [0.2, 0.25) is 59.3 Å². The van der Waals surface area contributed by atoms with Gasteiger partial charge in [0.15, 0.2) is 23.9 Å². The van der Waals surface area contributed by atoms with Crippen molar-refractivity contribution in [2.45, 2.75) is 170 Å². The molecule has 0 spiro atoms. The summed E-state index contributed by atoms with van der Waals surface area (Å²) in [5, 5.41) is 130. The Balaban J connectivity index is 1.02. The van der Waals surface area contributed by atoms with E-state index in [1.165, 1.54) is 39.1 Å². The van der Waals surface area contributed by atoms with E-state index in [0.29, 0.717) is 5.56 Å². The topological polar surface area (TPSA) is 551 Å². The fourth-order valence-corrected chi connectivity index (χ4v) is 15.2. The maximum absolute atomic E-state index is 16.3. The van der Waals surface area contributed by atoms with Crippen LogP contribution in [0.25, 0.3) is 21.9 Å². The quantitative estimate of drug-likeness (QED) is 0.0549. The molecule has 7 aliphatic heterocycles. The molecule has 7 aromatic carbocycles. The summed E-state index contributed by atoms with van der Waals surface area (Å²) in [6.07, 6.45) is -18.6. The fourth-order valence-electron chi connectivity index (χ4n) is 14.7. The highest BCUT2D eigenvalue weighted by Gasteiger charge is 2.52. The molecule has 18 unspecified atom stereocenters. The van der Waals surface area contributed by atoms with E-state index in [2.05, 4.69) is 47.9 Å². The number of phenolic OH excluding ortho intramolecular Hbond substituents is 3. The Hall–Kier alpha value is -11.0. The fraction of sp³-hybridized carbons (Fsp3) is 0.395. The van der Waals surface area contributed by atoms with Crippen LogP contribution in [0, 0.1) is 12.8 Å². The molecule has 2 saturated heterocycles. The number of carbonyl (C=O) groups excluding carboxylic acids is 9. The minimum atomic E-state index is -2.36. The number of nitrogens with one attached hydrogen (secondary N) is 9. The third-order valence-corrected chi connectivity index (χ3v) is 21.6. The average Bonchev–Trinajstić information content (AvgIpc) is 0.764. The number of halogens is 2. The molecule has 14 rings (SSSR count). The van der Waals surface area contributed by atoms with E-state index in [0.717, 1.165) is 77.0 Å². The Morgan fingerprint density at radius 1 is 0.669 bits per heavy atom. The largest absolute Gasteiger partial charge is 0.508 e. The Labute approximate surface area is 684 Å². The van der Waals surface area contributed by atoms with Gasteiger partial charge >= 0.3 is 0 Å². The lowest BCUT2D eigenvalue weighted by molar-refractivity contribution is -0.333. The molecule has 35 nitrogen and oxygen atoms in total. The van der Waals surface area contributed by atoms with Crippen LogP contribution in [0.3, 0.4) is 0 Å². The van der Waals surface area contributed by atoms with Crippen molar-refractivity contribution in [1.82, 2.24) is 47.9 Å². The van der Waals surface area contributed by atoms with Gasteiger partial charge in [-0.1, -0.05) is 85.1 Å². The number of aromatic hydroxyl groups is 3. The van der Waals surface area contributed by atoms with Crippen molar-refractivity contribution < 1.29 is 118 Å². The predicted molar refractivity (Wildman–Crippen MR) is 420 cm³/mol. The third kappa shape index (κ3) is 18.9. The van der Waals surface area contributed by atoms with Crippen LogP contribution in [-0.4, -0.2) is 205 Å². The molecule has 0 aliphatic carbocycles. The monoisotopic (exact) mass is 1670 g/mol. The predicted octanol–water partition coefficient (Wildman–Crippen LogP) is 2.42. The van der Waals surface area contributed by atoms with Crippen molar-refractivity contribution in [3.8, 4) is 57.1 Å². The summed E-state index contributed by atoms with van der Waals surface area (Å²) in [6, 6.07) is 10.9. The van der Waals surface area contributed by atoms with E-state index in [9.17, 15) is 69.9 Å². The molecular weight excluding hydrogens is 1580 g/mol. The number of hydrogen-bond acceptors (Lipinski definition) is 26. The number of hydrogen-bond donors (Lipinski definition) is 20. The van der Waals surface area contributed by atoms with Gasteiger partial charge in [0.25, 0.3) is 5.91 Å². The van der Waals surface area contributed by atoms with Crippen molar-refractivity contribution in [1.29, 1.82) is 0 Å². The summed E-state index contributed by atoms with van der Waals surface area (Å²) in [5.74, 6) is -15.4. The van der Waals surface area contributed by atoms with Crippen LogP contribution in [0.2, 0.25) is 10.0 Å². The highest BCUT2D eigenvalue weighted by molar-refractivity contribution is 6.32. The van der Waals surface area contributed by atoms with Crippen molar-refractivity contribution in [2.24, 2.45) is 17.4 Å². The lowest BCUT2D eigenvalue weighted by Crippen LogP contribution is -2.64. The van der Waals surface area contributed by atoms with Crippen LogP contribution >= 0.6 is 23.2 Å². The summed E-state index contributed by atoms with van der Waals surface area (Å²) in [5.41, 5.74) is 9.81. The Morgan fingerprint density at radius 2 is 1.30 bits per heavy atom. The molecule has 118 heavy (non-hydrogen) atoms. The molecule has 0 saturated carbocycles. The standard InChI is InChI=1S/C81H91Cl2N11O24/c1-33(2)20-48(86-6)73(106)93-63-65(100)39-13-16-52(46(82)24-39)114-54-26-42-27-55(69(54)118-80-70(68(103)67(102)56(32-95)116-80)117-58-31-81(5,85)71(104)35(4)113-58)115-53-17-14-40(25-47(53)83)66(101)64-79(112)92-62(75(108)88-19-7-18-87-72(105)41-11-10-36-21-34(3)8-9-37(36)22-41)45-28-43(96)29-51(98)59(45)44-23-38(12-15-50(44)97)60(76(109)94-64)91-77(110)61(42)90-74(107)49(30-57(84)99)89-78(63)111/h8-17,21-29,33,35,48-49,56,58,60-68,70-71,80,86,95-98,100-104H,7,18-20,30-32,85H2,1-6H3,(H2,84,99)(H,87,105)(H,88,108)(H,89,111)(H,90,107)(H,91,110)(H,92,112)(H,93,106)(H,94,109). The number of aliphatic hydroxyl groups excluding tert-OH is 6. The molecule has 628 valence electrons. The van der Waals surface area contributed by atoms with Crippen LogP contribution in [0.1, 0.15) is 127 Å². The first-order valence-electron chi connectivity index (χ1n) is 37.8. The van der Waals surface area contributed by atoms with Gasteiger partial charge in [0, 0.05) is 47.8 Å². The number of aliphatic hydroxyl groups is 6. The van der Waals surface area contributed by atoms with Crippen LogP contribution < -0.4 is 73.5 Å². The van der Waals surface area contributed by atoms with Gasteiger partial charge in [-0.15, -0.1) is 0 Å². The number of ether oxygens (including phenoxy) is 6. The molecule has 11 bridgehead atoms. The zero-order valence-corrected chi connectivity index (χ0v) is 65.9. The van der Waals surface area contributed by atoms with Crippen molar-refractivity contribution in [3.63, 3.8) is 0 Å². The van der Waals surface area contributed by atoms with E-state index in [1.54, 1.807) is 12.1 Å². The zero-order chi connectivity index (χ0) is 85.2. The lowest BCUT2D eigenvalue weighted by Gasteiger charge is -2.47. The van der Waals surface area contributed by atoms with Crippen molar-refractivity contribution >= 4 is 87.1 Å². The number of carbonyl (C=O) groups is 9. The Bertz CT molecular complexity index is 5060. The number of fused-ring (bicyclic) bond motifs is 16. The van der Waals surface area contributed by atoms with Gasteiger partial charge in [0.1, 0.15) is 95.5 Å². The normalized spacial score (nSPS) is 26.8. The minimum Gasteiger partial charge on any atom is -0.508 e. The molecular formula is C81H91Cl2N11O24. The summed E-state index contributed by atoms with van der Waals surface area (Å²) >= 11 is 14.3. The second-order valence-electron chi connectivity index (χ2n) is 30.3. The smallest absolute Gasteiger partial charge is 0.251 e. The number of phenols is 3. The maximum atomic E-state index is 16.3. The zero-order valence-electron chi connectivity index (χ0n) is 64.4. The van der Waals surface area contributed by atoms with Crippen molar-refractivity contribution in [3.05, 3.63) is 164 Å². The number of likely N-dealkylation sites (N-methyl/N-ethyl adjacent to an activating group) is 1. The van der Waals surface area contributed by atoms with E-state index in [4.69, 9.17) is 63.1 Å². The maximum Gasteiger partial charge on any atom is 0.251 e. The Kier molecular flexibility index (Phi) is 26.4. The molecule has 0 radical (unpaired) electrons. The lowest BCUT2D eigenvalue weighted by atomic mass is 9.86. The molecule has 0 aromatic heterocycles. The minimum absolute atomic E-state index is 0.00488. The van der Waals surface area contributed by atoms with Gasteiger partial charge in [-0.3, -0.25) is 43.2 Å². The van der Waals surface area contributed by atoms with E-state index < -0.39 is 243 Å². The van der Waals surface area contributed by atoms with Crippen LogP contribution in [0.15, 0.2) is 115 Å². The highest BCUT2D eigenvalue weighted by atomic mass is 35.5. The number of rotatable bonds is 18. The summed E-state index contributed by atoms with van der Waals surface area (Å²) in [6.45, 7) is 7.42. The van der Waals surface area contributed by atoms with Gasteiger partial charge in [-0.05, 0) is 152 Å². The molecule has 37 heteroatoms. The SMILES string of the molecule is CNC(CC(C)C)C(=O)NC1C(=O)NC(CC(N)=O)C(=O)NC2C(=O)NC3C(=O)NC(C(=O)NC(C(=O)NCCCNC(=O)c4ccc5cc(C)ccc5c4)c4cc(O)cc(O)c4-c4cc3ccc4O)C(O)c3ccc(c(Cl)c3)Oc3cc2cc(c3OC2OC(CO)C(O)C(O)C2OC2CC(C)(N)C(O)C(C)O2)Oc2ccc(cc2Cl)C1O. The van der Waals surface area contributed by atoms with E-state index in [1.807, 2.05) is 45.0 Å². The number of benzene rings is 7. The number of amides is 9. The number of nitrogens with two attached hydrogens (primary N) is 2. The second kappa shape index (κ2) is 36.1. The van der Waals surface area contributed by atoms with E-state index in [-0.39, 0.29) is 65.7 Å². The van der Waals surface area contributed by atoms with E-state index >= 15 is 19.2 Å². The first-order valence-corrected chi connectivity index (χ1v) is 38.5. The first kappa shape index (κ1) is 86.3. The summed E-state index contributed by atoms with van der Waals surface area (Å²) in [7, 11) is 1.48. The molecule has 7 aliphatic rings. The first-order chi connectivity index (χ1) is 56.0. The molecule has 22 N–H and O–H groups in total. The molecule has 9 amide bonds. The molecule has 7 aromatic rings. The highest BCUT2D eigenvalue weighted by Crippen LogP contribution is 2.50. The van der Waals surface area contributed by atoms with Gasteiger partial charge in [-0.25, -0.2) is 0 Å². The van der Waals surface area contributed by atoms with Crippen LogP contribution in [0.5, 0.6) is 46.0 Å². The molecule has 7 heterocycles. The molecule has 18 atom stereocenters. The molecule has 2 fully saturated rings. The van der Waals surface area contributed by atoms with Crippen LogP contribution in [-0.2, 0) is 52.6 Å². The van der Waals surface area contributed by atoms with Crippen molar-refractivity contribution in [2.75, 3.05) is 26.7 Å². The Morgan fingerprint density at radius 3 is 1.94 bits per heavy atom. The van der Waals surface area contributed by atoms with Gasteiger partial charge in [-0.2, -0.15) is 0 Å². The van der Waals surface area contributed by atoms with Gasteiger partial charge < -0.3 is 134 Å². The summed E-state index contributed by atoms with van der Waals surface area (Å²) in [4.78, 5) is 134. The second-order valence-corrected chi connectivity index (χ2v) is 31.2. The van der Waals surface area contributed by atoms with Gasteiger partial charge in [0.05, 0.1) is 41.3 Å².